The van der Waals surface area contributed by atoms with Gasteiger partial charge in [-0.25, -0.2) is 4.98 Å². The molecule has 1 unspecified atom stereocenters. The highest BCUT2D eigenvalue weighted by molar-refractivity contribution is 6.30. The summed E-state index contributed by atoms with van der Waals surface area (Å²) in [6.07, 6.45) is 4.76. The van der Waals surface area contributed by atoms with Gasteiger partial charge in [-0.15, -0.1) is 5.53 Å². The number of hydrazine groups is 2. The zero-order chi connectivity index (χ0) is 49.7. The number of halogens is 1. The quantitative estimate of drug-likeness (QED) is 0.0756. The molecule has 0 saturated carbocycles. The van der Waals surface area contributed by atoms with E-state index in [9.17, 15) is 0 Å². The second-order valence-electron chi connectivity index (χ2n) is 19.1. The van der Waals surface area contributed by atoms with Gasteiger partial charge >= 0.3 is 0 Å². The first-order valence-corrected chi connectivity index (χ1v) is 25.7. The molecule has 12 rings (SSSR count). The molecule has 4 N–H and O–H groups in total. The van der Waals surface area contributed by atoms with E-state index in [1.165, 1.54) is 16.8 Å². The monoisotopic (exact) mass is 985 g/mol. The van der Waals surface area contributed by atoms with E-state index < -0.39 is 11.1 Å². The number of fused-ring (bicyclic) bond motifs is 1. The Kier molecular flexibility index (Phi) is 12.9. The van der Waals surface area contributed by atoms with E-state index in [0.717, 1.165) is 80.7 Å². The van der Waals surface area contributed by atoms with Crippen LogP contribution in [-0.4, -0.2) is 34.4 Å². The molecule has 2 aliphatic rings. The van der Waals surface area contributed by atoms with Crippen molar-refractivity contribution in [3.63, 3.8) is 0 Å². The first kappa shape index (κ1) is 46.6. The van der Waals surface area contributed by atoms with Crippen LogP contribution in [0.1, 0.15) is 61.7 Å². The molecule has 4 heterocycles. The number of nitrogens with zero attached hydrogens (tertiary/aromatic N) is 5. The van der Waals surface area contributed by atoms with Crippen molar-refractivity contribution in [1.82, 2.24) is 25.6 Å². The van der Waals surface area contributed by atoms with Gasteiger partial charge in [-0.1, -0.05) is 218 Å². The fourth-order valence-corrected chi connectivity index (χ4v) is 11.4. The Hall–Kier alpha value is -8.47. The lowest BCUT2D eigenvalue weighted by molar-refractivity contribution is 0.472. The number of aromatic nitrogens is 3. The SMILES string of the molecule is Clc1cccc(C2CN(c3cccc(Cn4cc(Cc5cc(NC(c6ccccc6)(c6ccccc6)c6ccccc6)nc6c5NNN6C(c5ccccc5)(c5ccccc5)c5ccccc5)cn4)c3)CCN2)c1. The third-order valence-corrected chi connectivity index (χ3v) is 14.8. The van der Waals surface area contributed by atoms with Gasteiger partial charge < -0.3 is 15.5 Å². The first-order valence-electron chi connectivity index (χ1n) is 25.4. The lowest BCUT2D eigenvalue weighted by Gasteiger charge is -2.43. The van der Waals surface area contributed by atoms with Crippen molar-refractivity contribution >= 4 is 34.6 Å². The average Bonchev–Trinajstić information content (AvgIpc) is 4.13. The second-order valence-corrected chi connectivity index (χ2v) is 19.6. The van der Waals surface area contributed by atoms with Crippen molar-refractivity contribution in [2.24, 2.45) is 0 Å². The van der Waals surface area contributed by atoms with Gasteiger partial charge in [0.15, 0.2) is 5.82 Å². The molecule has 0 aliphatic carbocycles. The van der Waals surface area contributed by atoms with Crippen LogP contribution in [0.5, 0.6) is 0 Å². The van der Waals surface area contributed by atoms with Gasteiger partial charge in [0.05, 0.1) is 18.4 Å². The Labute approximate surface area is 438 Å². The molecule has 2 aromatic heterocycles. The Balaban J connectivity index is 0.960. The topological polar surface area (TPSA) is 85.3 Å². The first-order chi connectivity index (χ1) is 36.5. The fourth-order valence-electron chi connectivity index (χ4n) is 11.2. The maximum Gasteiger partial charge on any atom is 0.173 e. The zero-order valence-corrected chi connectivity index (χ0v) is 41.7. The predicted molar refractivity (Wildman–Crippen MR) is 300 cm³/mol. The molecular weight excluding hydrogens is 930 g/mol. The van der Waals surface area contributed by atoms with E-state index in [1.807, 2.05) is 18.3 Å². The number of nitrogens with one attached hydrogen (secondary N) is 4. The molecule has 0 amide bonds. The van der Waals surface area contributed by atoms with Crippen LogP contribution in [0.4, 0.5) is 23.0 Å². The van der Waals surface area contributed by atoms with Gasteiger partial charge in [0, 0.05) is 49.0 Å². The molecule has 364 valence electrons. The van der Waals surface area contributed by atoms with Crippen molar-refractivity contribution in [2.75, 3.05) is 40.3 Å². The normalized spacial score (nSPS) is 14.6. The molecule has 2 aliphatic heterocycles. The minimum atomic E-state index is -0.874. The fraction of sp³-hybridized carbons (Fsp3) is 0.125. The van der Waals surface area contributed by atoms with Gasteiger partial charge in [-0.2, -0.15) is 5.10 Å². The summed E-state index contributed by atoms with van der Waals surface area (Å²) in [5.74, 6) is 1.46. The summed E-state index contributed by atoms with van der Waals surface area (Å²) in [6, 6.07) is 83.7. The summed E-state index contributed by atoms with van der Waals surface area (Å²) in [5, 5.41) is 15.8. The number of anilines is 4. The standard InChI is InChI=1S/C64H56ClN9/c65-57-35-20-22-49(41-57)59-46-72(38-37-66-59)58-36-19-21-47(40-58)44-73-45-48(43-67-73)39-50-42-60(69-63(51-23-7-1-8-24-51,52-25-9-2-10-26-52)53-27-11-3-12-28-53)68-62-61(50)70-71-74(62)64(54-29-13-4-14-30-54,55-31-15-5-16-32-55)56-33-17-6-18-34-56/h1-36,40-43,45,59,66,70-71H,37-39,44,46H2,(H,68,69). The zero-order valence-electron chi connectivity index (χ0n) is 40.9. The number of rotatable bonds is 15. The molecule has 0 radical (unpaired) electrons. The minimum Gasteiger partial charge on any atom is -0.368 e. The van der Waals surface area contributed by atoms with Crippen LogP contribution >= 0.6 is 11.6 Å². The van der Waals surface area contributed by atoms with E-state index in [4.69, 9.17) is 21.7 Å². The van der Waals surface area contributed by atoms with Gasteiger partial charge in [-0.3, -0.25) is 15.1 Å². The van der Waals surface area contributed by atoms with E-state index >= 15 is 0 Å². The molecule has 74 heavy (non-hydrogen) atoms. The summed E-state index contributed by atoms with van der Waals surface area (Å²) < 4.78 is 2.05. The summed E-state index contributed by atoms with van der Waals surface area (Å²) in [4.78, 5) is 8.19. The van der Waals surface area contributed by atoms with Crippen LogP contribution in [0.25, 0.3) is 0 Å². The molecule has 0 bridgehead atoms. The third kappa shape index (κ3) is 8.96. The summed E-state index contributed by atoms with van der Waals surface area (Å²) >= 11 is 6.40. The van der Waals surface area contributed by atoms with E-state index in [1.54, 1.807) is 0 Å². The van der Waals surface area contributed by atoms with E-state index in [2.05, 4.69) is 267 Å². The predicted octanol–water partition coefficient (Wildman–Crippen LogP) is 12.8. The van der Waals surface area contributed by atoms with Crippen LogP contribution in [0, 0.1) is 0 Å². The highest BCUT2D eigenvalue weighted by Gasteiger charge is 2.47. The number of hydrogen-bond donors (Lipinski definition) is 4. The van der Waals surface area contributed by atoms with Gasteiger partial charge in [0.2, 0.25) is 0 Å². The highest BCUT2D eigenvalue weighted by Crippen LogP contribution is 2.49. The summed E-state index contributed by atoms with van der Waals surface area (Å²) in [5.41, 5.74) is 18.8. The van der Waals surface area contributed by atoms with Crippen molar-refractivity contribution in [2.45, 2.75) is 30.1 Å². The smallest absolute Gasteiger partial charge is 0.173 e. The second kappa shape index (κ2) is 20.6. The molecule has 9 nitrogen and oxygen atoms in total. The largest absolute Gasteiger partial charge is 0.368 e. The third-order valence-electron chi connectivity index (χ3n) is 14.6. The average molecular weight is 987 g/mol. The maximum atomic E-state index is 6.40. The Bertz CT molecular complexity index is 3270. The van der Waals surface area contributed by atoms with Crippen LogP contribution in [-0.2, 0) is 24.0 Å². The van der Waals surface area contributed by atoms with E-state index in [0.29, 0.717) is 18.8 Å². The van der Waals surface area contributed by atoms with Crippen LogP contribution in [0.3, 0.4) is 0 Å². The van der Waals surface area contributed by atoms with Crippen molar-refractivity contribution in [1.29, 1.82) is 0 Å². The van der Waals surface area contributed by atoms with Crippen molar-refractivity contribution < 1.29 is 0 Å². The number of hydrogen-bond acceptors (Lipinski definition) is 8. The Morgan fingerprint density at radius 2 is 1.14 bits per heavy atom. The molecule has 0 spiro atoms. The Morgan fingerprint density at radius 3 is 1.70 bits per heavy atom. The number of benzene rings is 8. The van der Waals surface area contributed by atoms with E-state index in [-0.39, 0.29) is 6.04 Å². The van der Waals surface area contributed by atoms with Crippen molar-refractivity contribution in [3.05, 3.63) is 310 Å². The number of piperazine rings is 1. The lowest BCUT2D eigenvalue weighted by atomic mass is 9.76. The van der Waals surface area contributed by atoms with Crippen LogP contribution in [0.2, 0.25) is 5.02 Å². The summed E-state index contributed by atoms with van der Waals surface area (Å²) in [6.45, 7) is 3.30. The van der Waals surface area contributed by atoms with Gasteiger partial charge in [0.25, 0.3) is 0 Å². The maximum absolute atomic E-state index is 6.40. The lowest BCUT2D eigenvalue weighted by Crippen LogP contribution is -2.54. The molecule has 10 aromatic rings. The molecule has 1 fully saturated rings. The highest BCUT2D eigenvalue weighted by atomic mass is 35.5. The Morgan fingerprint density at radius 1 is 0.581 bits per heavy atom. The van der Waals surface area contributed by atoms with Gasteiger partial charge in [-0.05, 0) is 86.0 Å². The molecule has 1 saturated heterocycles. The van der Waals surface area contributed by atoms with Gasteiger partial charge in [0.1, 0.15) is 16.9 Å². The van der Waals surface area contributed by atoms with Crippen LogP contribution < -0.4 is 31.5 Å². The van der Waals surface area contributed by atoms with Crippen LogP contribution in [0.15, 0.2) is 249 Å². The summed E-state index contributed by atoms with van der Waals surface area (Å²) in [7, 11) is 0. The molecule has 8 aromatic carbocycles. The molecule has 1 atom stereocenters. The molecular formula is C64H56ClN9. The minimum absolute atomic E-state index is 0.194. The number of pyridine rings is 1. The van der Waals surface area contributed by atoms with Crippen molar-refractivity contribution in [3.8, 4) is 0 Å². The molecule has 10 heteroatoms.